The molecule has 0 aromatic heterocycles. The maximum atomic E-state index is 5.95. The molecule has 0 spiro atoms. The fourth-order valence-corrected chi connectivity index (χ4v) is 5.83. The van der Waals surface area contributed by atoms with Crippen LogP contribution in [0, 0.1) is 0 Å². The van der Waals surface area contributed by atoms with Gasteiger partial charge in [0.25, 0.3) is 0 Å². The molecular formula is C42H46BrNO2. The van der Waals surface area contributed by atoms with E-state index in [4.69, 9.17) is 9.47 Å². The first-order chi connectivity index (χ1) is 22.6. The van der Waals surface area contributed by atoms with E-state index in [0.29, 0.717) is 0 Å². The summed E-state index contributed by atoms with van der Waals surface area (Å²) >= 11 is 3.60. The Morgan fingerprint density at radius 1 is 0.413 bits per heavy atom. The quantitative estimate of drug-likeness (QED) is 0.0915. The number of anilines is 3. The average Bonchev–Trinajstić information content (AvgIpc) is 3.10. The number of hydrogen-bond donors (Lipinski definition) is 0. The van der Waals surface area contributed by atoms with Crippen molar-refractivity contribution >= 4 is 33.0 Å². The van der Waals surface area contributed by atoms with Crippen LogP contribution in [0.15, 0.2) is 126 Å². The summed E-state index contributed by atoms with van der Waals surface area (Å²) in [6.45, 7) is 6.02. The molecule has 0 heterocycles. The third kappa shape index (κ3) is 9.50. The van der Waals surface area contributed by atoms with Gasteiger partial charge in [0.1, 0.15) is 11.5 Å². The highest BCUT2D eigenvalue weighted by molar-refractivity contribution is 9.10. The van der Waals surface area contributed by atoms with Crippen LogP contribution in [0.4, 0.5) is 17.1 Å². The Balaban J connectivity index is 1.29. The average molecular weight is 677 g/mol. The van der Waals surface area contributed by atoms with Crippen LogP contribution in [0.1, 0.15) is 65.2 Å². The highest BCUT2D eigenvalue weighted by Gasteiger charge is 2.13. The van der Waals surface area contributed by atoms with E-state index in [9.17, 15) is 0 Å². The summed E-state index contributed by atoms with van der Waals surface area (Å²) < 4.78 is 13.0. The molecular weight excluding hydrogens is 630 g/mol. The van der Waals surface area contributed by atoms with E-state index in [0.717, 1.165) is 59.1 Å². The molecule has 4 heteroatoms. The zero-order chi connectivity index (χ0) is 32.0. The molecule has 0 radical (unpaired) electrons. The Bertz CT molecular complexity index is 1480. The van der Waals surface area contributed by atoms with Crippen molar-refractivity contribution in [2.45, 2.75) is 65.2 Å². The van der Waals surface area contributed by atoms with Gasteiger partial charge in [-0.1, -0.05) is 117 Å². The van der Waals surface area contributed by atoms with E-state index in [1.54, 1.807) is 0 Å². The van der Waals surface area contributed by atoms with E-state index in [-0.39, 0.29) is 0 Å². The van der Waals surface area contributed by atoms with Crippen molar-refractivity contribution in [1.29, 1.82) is 0 Å². The molecule has 238 valence electrons. The van der Waals surface area contributed by atoms with E-state index >= 15 is 0 Å². The third-order valence-electron chi connectivity index (χ3n) is 8.24. The van der Waals surface area contributed by atoms with E-state index in [1.807, 2.05) is 0 Å². The lowest BCUT2D eigenvalue weighted by Crippen LogP contribution is -2.09. The Hall–Kier alpha value is -4.02. The van der Waals surface area contributed by atoms with Gasteiger partial charge in [0.15, 0.2) is 0 Å². The summed E-state index contributed by atoms with van der Waals surface area (Å²) in [5, 5.41) is 0. The zero-order valence-corrected chi connectivity index (χ0v) is 28.8. The van der Waals surface area contributed by atoms with Crippen molar-refractivity contribution in [3.05, 3.63) is 126 Å². The first-order valence-electron chi connectivity index (χ1n) is 16.9. The second kappa shape index (κ2) is 17.6. The van der Waals surface area contributed by atoms with Crippen LogP contribution in [-0.4, -0.2) is 13.2 Å². The monoisotopic (exact) mass is 675 g/mol. The lowest BCUT2D eigenvalue weighted by molar-refractivity contribution is 0.305. The molecule has 0 fully saturated rings. The Labute approximate surface area is 284 Å². The molecule has 46 heavy (non-hydrogen) atoms. The van der Waals surface area contributed by atoms with E-state index < -0.39 is 0 Å². The topological polar surface area (TPSA) is 21.7 Å². The van der Waals surface area contributed by atoms with Crippen LogP contribution in [0.2, 0.25) is 0 Å². The minimum atomic E-state index is 0.779. The number of unbranched alkanes of at least 4 members (excludes halogenated alkanes) is 6. The van der Waals surface area contributed by atoms with Crippen LogP contribution in [0.25, 0.3) is 22.3 Å². The molecule has 0 aliphatic rings. The van der Waals surface area contributed by atoms with Gasteiger partial charge in [0, 0.05) is 21.5 Å². The van der Waals surface area contributed by atoms with Crippen molar-refractivity contribution in [2.24, 2.45) is 0 Å². The van der Waals surface area contributed by atoms with Gasteiger partial charge in [-0.25, -0.2) is 0 Å². The van der Waals surface area contributed by atoms with Gasteiger partial charge in [0.2, 0.25) is 0 Å². The predicted molar refractivity (Wildman–Crippen MR) is 199 cm³/mol. The van der Waals surface area contributed by atoms with E-state index in [2.05, 4.69) is 156 Å². The van der Waals surface area contributed by atoms with Crippen LogP contribution >= 0.6 is 15.9 Å². The predicted octanol–water partition coefficient (Wildman–Crippen LogP) is 13.2. The first-order valence-corrected chi connectivity index (χ1v) is 17.7. The minimum absolute atomic E-state index is 0.779. The zero-order valence-electron chi connectivity index (χ0n) is 27.3. The standard InChI is InChI=1S/C42H46BrNO2/c1-3-5-7-9-31-45-41-27-15-35(16-28-41)33-11-21-38(22-12-33)44(40-25-19-37(43)20-26-40)39-23-13-34(14-24-39)36-17-29-42(30-18-36)46-32-10-8-6-4-2/h11-30H,3-10,31-32H2,1-2H3. The lowest BCUT2D eigenvalue weighted by atomic mass is 10.0. The van der Waals surface area contributed by atoms with Crippen molar-refractivity contribution in [1.82, 2.24) is 0 Å². The molecule has 0 aliphatic carbocycles. The second-order valence-corrected chi connectivity index (χ2v) is 12.7. The second-order valence-electron chi connectivity index (χ2n) is 11.8. The maximum absolute atomic E-state index is 5.95. The molecule has 0 bridgehead atoms. The van der Waals surface area contributed by atoms with Gasteiger partial charge in [-0.15, -0.1) is 0 Å². The maximum Gasteiger partial charge on any atom is 0.119 e. The van der Waals surface area contributed by atoms with Crippen LogP contribution in [0.5, 0.6) is 11.5 Å². The molecule has 0 saturated carbocycles. The molecule has 0 unspecified atom stereocenters. The van der Waals surface area contributed by atoms with Gasteiger partial charge in [0.05, 0.1) is 13.2 Å². The lowest BCUT2D eigenvalue weighted by Gasteiger charge is -2.26. The number of rotatable bonds is 17. The Morgan fingerprint density at radius 3 is 1.09 bits per heavy atom. The minimum Gasteiger partial charge on any atom is -0.494 e. The van der Waals surface area contributed by atoms with Crippen molar-refractivity contribution in [2.75, 3.05) is 18.1 Å². The van der Waals surface area contributed by atoms with Crippen molar-refractivity contribution in [3.63, 3.8) is 0 Å². The SMILES string of the molecule is CCCCCCOc1ccc(-c2ccc(N(c3ccc(Br)cc3)c3ccc(-c4ccc(OCCCCCC)cc4)cc3)cc2)cc1. The van der Waals surface area contributed by atoms with E-state index in [1.165, 1.54) is 60.8 Å². The van der Waals surface area contributed by atoms with Gasteiger partial charge in [-0.2, -0.15) is 0 Å². The van der Waals surface area contributed by atoms with Gasteiger partial charge in [-0.05, 0) is 108 Å². The molecule has 0 aliphatic heterocycles. The Kier molecular flexibility index (Phi) is 12.8. The van der Waals surface area contributed by atoms with Gasteiger partial charge in [-0.3, -0.25) is 0 Å². The number of ether oxygens (including phenoxy) is 2. The normalized spacial score (nSPS) is 10.9. The number of benzene rings is 5. The summed E-state index contributed by atoms with van der Waals surface area (Å²) in [4.78, 5) is 2.30. The molecule has 0 N–H and O–H groups in total. The van der Waals surface area contributed by atoms with Crippen LogP contribution < -0.4 is 14.4 Å². The highest BCUT2D eigenvalue weighted by atomic mass is 79.9. The summed E-state index contributed by atoms with van der Waals surface area (Å²) in [6, 6.07) is 43.0. The number of hydrogen-bond acceptors (Lipinski definition) is 3. The largest absolute Gasteiger partial charge is 0.494 e. The number of nitrogens with zero attached hydrogens (tertiary/aromatic N) is 1. The summed E-state index contributed by atoms with van der Waals surface area (Å²) in [7, 11) is 0. The molecule has 5 aromatic rings. The van der Waals surface area contributed by atoms with Gasteiger partial charge >= 0.3 is 0 Å². The van der Waals surface area contributed by atoms with Crippen LogP contribution in [0.3, 0.4) is 0 Å². The van der Waals surface area contributed by atoms with Crippen molar-refractivity contribution < 1.29 is 9.47 Å². The fraction of sp³-hybridized carbons (Fsp3) is 0.286. The molecule has 0 saturated heterocycles. The first kappa shape index (κ1) is 33.3. The Morgan fingerprint density at radius 2 is 0.739 bits per heavy atom. The fourth-order valence-electron chi connectivity index (χ4n) is 5.57. The molecule has 5 rings (SSSR count). The summed E-state index contributed by atoms with van der Waals surface area (Å²) in [5.41, 5.74) is 8.02. The molecule has 5 aromatic carbocycles. The van der Waals surface area contributed by atoms with Gasteiger partial charge < -0.3 is 14.4 Å². The van der Waals surface area contributed by atoms with Crippen molar-refractivity contribution in [3.8, 4) is 33.8 Å². The molecule has 0 amide bonds. The smallest absolute Gasteiger partial charge is 0.119 e. The highest BCUT2D eigenvalue weighted by Crippen LogP contribution is 2.37. The third-order valence-corrected chi connectivity index (χ3v) is 8.77. The summed E-state index contributed by atoms with van der Waals surface area (Å²) in [6.07, 6.45) is 9.69. The van der Waals surface area contributed by atoms with Crippen LogP contribution in [-0.2, 0) is 0 Å². The molecule has 3 nitrogen and oxygen atoms in total. The summed E-state index contributed by atoms with van der Waals surface area (Å²) in [5.74, 6) is 1.87. The number of halogens is 1. The molecule has 0 atom stereocenters.